The molecule has 1 heterocycles. The van der Waals surface area contributed by atoms with Crippen LogP contribution in [0.5, 0.6) is 5.75 Å². The number of hydrogen-bond acceptors (Lipinski definition) is 5. The number of rotatable bonds is 4. The van der Waals surface area contributed by atoms with Crippen LogP contribution in [0.2, 0.25) is 0 Å². The third-order valence-corrected chi connectivity index (χ3v) is 3.29. The molecule has 5 nitrogen and oxygen atoms in total. The Bertz CT molecular complexity index is 575. The second-order valence-corrected chi connectivity index (χ2v) is 4.37. The standard InChI is InChI=1S/C12H10N2O3S/c1-17-10-6-2-3-7-11(10)18-12-9(14(15)16)5-4-8-13-12/h2-8H,1H3. The maximum absolute atomic E-state index is 10.9. The van der Waals surface area contributed by atoms with Crippen LogP contribution in [0.3, 0.4) is 0 Å². The van der Waals surface area contributed by atoms with Crippen molar-refractivity contribution in [3.05, 3.63) is 52.7 Å². The van der Waals surface area contributed by atoms with Crippen molar-refractivity contribution in [1.82, 2.24) is 4.98 Å². The van der Waals surface area contributed by atoms with Crippen LogP contribution in [-0.4, -0.2) is 17.0 Å². The summed E-state index contributed by atoms with van der Waals surface area (Å²) in [5, 5.41) is 11.2. The second kappa shape index (κ2) is 5.50. The van der Waals surface area contributed by atoms with Gasteiger partial charge < -0.3 is 4.74 Å². The number of pyridine rings is 1. The van der Waals surface area contributed by atoms with E-state index in [-0.39, 0.29) is 5.69 Å². The summed E-state index contributed by atoms with van der Waals surface area (Å²) in [7, 11) is 1.56. The molecule has 0 amide bonds. The highest BCUT2D eigenvalue weighted by Gasteiger charge is 2.16. The van der Waals surface area contributed by atoms with E-state index in [4.69, 9.17) is 4.74 Å². The first kappa shape index (κ1) is 12.4. The molecule has 0 unspecified atom stereocenters. The van der Waals surface area contributed by atoms with Crippen LogP contribution < -0.4 is 4.74 Å². The molecule has 2 rings (SSSR count). The lowest BCUT2D eigenvalue weighted by Crippen LogP contribution is -1.93. The molecule has 6 heteroatoms. The molecule has 0 radical (unpaired) electrons. The van der Waals surface area contributed by atoms with Crippen molar-refractivity contribution >= 4 is 17.4 Å². The Hall–Kier alpha value is -2.08. The number of nitro groups is 1. The summed E-state index contributed by atoms with van der Waals surface area (Å²) < 4.78 is 5.20. The van der Waals surface area contributed by atoms with Gasteiger partial charge in [0.05, 0.1) is 16.9 Å². The van der Waals surface area contributed by atoms with Crippen LogP contribution in [0.15, 0.2) is 52.5 Å². The summed E-state index contributed by atoms with van der Waals surface area (Å²) in [6.07, 6.45) is 1.53. The van der Waals surface area contributed by atoms with Gasteiger partial charge in [-0.05, 0) is 18.2 Å². The smallest absolute Gasteiger partial charge is 0.301 e. The second-order valence-electron chi connectivity index (χ2n) is 3.34. The summed E-state index contributed by atoms with van der Waals surface area (Å²) in [6, 6.07) is 10.3. The first-order valence-electron chi connectivity index (χ1n) is 5.12. The predicted octanol–water partition coefficient (Wildman–Crippen LogP) is 3.15. The van der Waals surface area contributed by atoms with Crippen molar-refractivity contribution < 1.29 is 9.66 Å². The summed E-state index contributed by atoms with van der Waals surface area (Å²) in [5.41, 5.74) is -0.00611. The number of para-hydroxylation sites is 1. The summed E-state index contributed by atoms with van der Waals surface area (Å²) in [6.45, 7) is 0. The number of aromatic nitrogens is 1. The van der Waals surface area contributed by atoms with E-state index in [9.17, 15) is 10.1 Å². The molecule has 1 aromatic heterocycles. The van der Waals surface area contributed by atoms with E-state index in [0.29, 0.717) is 10.8 Å². The Balaban J connectivity index is 2.37. The molecule has 2 aromatic rings. The van der Waals surface area contributed by atoms with Crippen molar-refractivity contribution in [3.63, 3.8) is 0 Å². The van der Waals surface area contributed by atoms with Gasteiger partial charge >= 0.3 is 5.69 Å². The minimum atomic E-state index is -0.440. The van der Waals surface area contributed by atoms with E-state index in [1.807, 2.05) is 18.2 Å². The van der Waals surface area contributed by atoms with Gasteiger partial charge in [-0.15, -0.1) is 0 Å². The van der Waals surface area contributed by atoms with Gasteiger partial charge in [0.25, 0.3) is 0 Å². The van der Waals surface area contributed by atoms with Crippen LogP contribution in [-0.2, 0) is 0 Å². The first-order chi connectivity index (χ1) is 8.72. The zero-order chi connectivity index (χ0) is 13.0. The molecule has 0 aliphatic carbocycles. The van der Waals surface area contributed by atoms with Gasteiger partial charge in [-0.2, -0.15) is 0 Å². The number of hydrogen-bond donors (Lipinski definition) is 0. The Kier molecular flexibility index (Phi) is 3.78. The molecule has 1 aromatic carbocycles. The van der Waals surface area contributed by atoms with Crippen molar-refractivity contribution in [3.8, 4) is 5.75 Å². The van der Waals surface area contributed by atoms with E-state index in [1.54, 1.807) is 19.2 Å². The van der Waals surface area contributed by atoms with Gasteiger partial charge in [-0.3, -0.25) is 10.1 Å². The third-order valence-electron chi connectivity index (χ3n) is 2.22. The average molecular weight is 262 g/mol. The van der Waals surface area contributed by atoms with Crippen molar-refractivity contribution in [2.24, 2.45) is 0 Å². The van der Waals surface area contributed by atoms with Gasteiger partial charge in [-0.25, -0.2) is 4.98 Å². The summed E-state index contributed by atoms with van der Waals surface area (Å²) in [5.74, 6) is 0.669. The van der Waals surface area contributed by atoms with Gasteiger partial charge in [-0.1, -0.05) is 23.9 Å². The predicted molar refractivity (Wildman–Crippen MR) is 68.0 cm³/mol. The lowest BCUT2D eigenvalue weighted by Gasteiger charge is -2.06. The van der Waals surface area contributed by atoms with Gasteiger partial charge in [0.2, 0.25) is 0 Å². The molecular formula is C12H10N2O3S. The molecule has 18 heavy (non-hydrogen) atoms. The minimum absolute atomic E-state index is 0.00611. The Labute approximate surface area is 108 Å². The number of methoxy groups -OCH3 is 1. The topological polar surface area (TPSA) is 65.3 Å². The van der Waals surface area contributed by atoms with Crippen LogP contribution in [0.1, 0.15) is 0 Å². The van der Waals surface area contributed by atoms with Crippen LogP contribution in [0.25, 0.3) is 0 Å². The SMILES string of the molecule is COc1ccccc1Sc1ncccc1[N+](=O)[O-]. The van der Waals surface area contributed by atoms with E-state index in [1.165, 1.54) is 24.0 Å². The maximum Gasteiger partial charge on any atom is 0.301 e. The highest BCUT2D eigenvalue weighted by Crippen LogP contribution is 2.37. The van der Waals surface area contributed by atoms with Crippen LogP contribution in [0.4, 0.5) is 5.69 Å². The highest BCUT2D eigenvalue weighted by atomic mass is 32.2. The van der Waals surface area contributed by atoms with Gasteiger partial charge in [0.15, 0.2) is 5.03 Å². The van der Waals surface area contributed by atoms with Gasteiger partial charge in [0, 0.05) is 12.3 Å². The molecule has 0 atom stereocenters. The van der Waals surface area contributed by atoms with Crippen molar-refractivity contribution in [1.29, 1.82) is 0 Å². The molecular weight excluding hydrogens is 252 g/mol. The average Bonchev–Trinajstić information content (AvgIpc) is 2.40. The van der Waals surface area contributed by atoms with E-state index in [0.717, 1.165) is 4.90 Å². The highest BCUT2D eigenvalue weighted by molar-refractivity contribution is 7.99. The minimum Gasteiger partial charge on any atom is -0.496 e. The summed E-state index contributed by atoms with van der Waals surface area (Å²) in [4.78, 5) is 15.3. The summed E-state index contributed by atoms with van der Waals surface area (Å²) >= 11 is 1.22. The Morgan fingerprint density at radius 1 is 1.28 bits per heavy atom. The van der Waals surface area contributed by atoms with Crippen molar-refractivity contribution in [2.75, 3.05) is 7.11 Å². The van der Waals surface area contributed by atoms with Crippen molar-refractivity contribution in [2.45, 2.75) is 9.92 Å². The molecule has 0 aliphatic heterocycles. The fourth-order valence-electron chi connectivity index (χ4n) is 1.41. The maximum atomic E-state index is 10.9. The fourth-order valence-corrected chi connectivity index (χ4v) is 2.37. The lowest BCUT2D eigenvalue weighted by atomic mass is 10.3. The molecule has 0 N–H and O–H groups in total. The number of benzene rings is 1. The third kappa shape index (κ3) is 2.60. The van der Waals surface area contributed by atoms with E-state index >= 15 is 0 Å². The quantitative estimate of drug-likeness (QED) is 0.625. The first-order valence-corrected chi connectivity index (χ1v) is 5.94. The van der Waals surface area contributed by atoms with Crippen LogP contribution >= 0.6 is 11.8 Å². The molecule has 0 bridgehead atoms. The molecule has 0 saturated carbocycles. The van der Waals surface area contributed by atoms with Gasteiger partial charge in [0.1, 0.15) is 5.75 Å². The monoisotopic (exact) mass is 262 g/mol. The normalized spacial score (nSPS) is 10.1. The molecule has 0 aliphatic rings. The molecule has 0 fully saturated rings. The number of nitrogens with zero attached hydrogens (tertiary/aromatic N) is 2. The number of ether oxygens (including phenoxy) is 1. The zero-order valence-corrected chi connectivity index (χ0v) is 10.4. The largest absolute Gasteiger partial charge is 0.496 e. The van der Waals surface area contributed by atoms with E-state index in [2.05, 4.69) is 4.98 Å². The lowest BCUT2D eigenvalue weighted by molar-refractivity contribution is -0.388. The van der Waals surface area contributed by atoms with E-state index < -0.39 is 4.92 Å². The molecule has 0 saturated heterocycles. The zero-order valence-electron chi connectivity index (χ0n) is 9.57. The Morgan fingerprint density at radius 3 is 2.78 bits per heavy atom. The Morgan fingerprint density at radius 2 is 2.06 bits per heavy atom. The van der Waals surface area contributed by atoms with Crippen LogP contribution in [0, 0.1) is 10.1 Å². The molecule has 92 valence electrons. The fraction of sp³-hybridized carbons (Fsp3) is 0.0833. The molecule has 0 spiro atoms.